The minimum atomic E-state index is -0.424. The summed E-state index contributed by atoms with van der Waals surface area (Å²) < 4.78 is 18.4. The fourth-order valence-corrected chi connectivity index (χ4v) is 1.50. The highest BCUT2D eigenvalue weighted by Gasteiger charge is 2.18. The van der Waals surface area contributed by atoms with Gasteiger partial charge in [-0.15, -0.1) is 0 Å². The first-order chi connectivity index (χ1) is 8.58. The molecule has 0 saturated carbocycles. The zero-order chi connectivity index (χ0) is 13.1. The van der Waals surface area contributed by atoms with Crippen molar-refractivity contribution in [3.05, 3.63) is 47.4 Å². The minimum absolute atomic E-state index is 0.0453. The molecular formula is C13H13FN2O2. The van der Waals surface area contributed by atoms with Crippen molar-refractivity contribution in [2.75, 3.05) is 0 Å². The van der Waals surface area contributed by atoms with Crippen molar-refractivity contribution in [3.8, 4) is 0 Å². The molecule has 0 saturated heterocycles. The van der Waals surface area contributed by atoms with Crippen LogP contribution in [0.2, 0.25) is 0 Å². The largest absolute Gasteiger partial charge is 0.339 e. The van der Waals surface area contributed by atoms with E-state index in [-0.39, 0.29) is 23.9 Å². The topological polar surface area (TPSA) is 56.0 Å². The molecule has 0 radical (unpaired) electrons. The molecule has 5 heteroatoms. The number of hydrogen-bond acceptors (Lipinski definition) is 4. The number of nitrogens with zero attached hydrogens (tertiary/aromatic N) is 2. The van der Waals surface area contributed by atoms with Gasteiger partial charge in [0.15, 0.2) is 5.82 Å². The molecule has 2 aromatic rings. The van der Waals surface area contributed by atoms with Gasteiger partial charge in [-0.3, -0.25) is 4.79 Å². The molecule has 1 aromatic carbocycles. The molecule has 0 aliphatic carbocycles. The maximum absolute atomic E-state index is 13.4. The Morgan fingerprint density at radius 2 is 2.17 bits per heavy atom. The molecule has 94 valence electrons. The summed E-state index contributed by atoms with van der Waals surface area (Å²) in [6.07, 6.45) is 0.251. The number of carbonyl (C=O) groups is 1. The van der Waals surface area contributed by atoms with E-state index in [0.717, 1.165) is 0 Å². The molecule has 4 nitrogen and oxygen atoms in total. The molecule has 2 rings (SSSR count). The standard InChI is InChI=1S/C13H13FN2O2/c1-8(9(2)17)13-15-12(16-18-13)7-10-5-3-4-6-11(10)14/h3-6,8H,7H2,1-2H3. The van der Waals surface area contributed by atoms with Crippen molar-refractivity contribution in [2.24, 2.45) is 0 Å². The van der Waals surface area contributed by atoms with Crippen LogP contribution < -0.4 is 0 Å². The molecule has 0 aliphatic rings. The van der Waals surface area contributed by atoms with Gasteiger partial charge in [0.05, 0.1) is 5.92 Å². The van der Waals surface area contributed by atoms with Gasteiger partial charge in [0.1, 0.15) is 11.6 Å². The summed E-state index contributed by atoms with van der Waals surface area (Å²) in [5.74, 6) is -0.122. The Morgan fingerprint density at radius 1 is 1.44 bits per heavy atom. The van der Waals surface area contributed by atoms with E-state index in [1.54, 1.807) is 25.1 Å². The molecule has 0 spiro atoms. The average Bonchev–Trinajstić information content (AvgIpc) is 2.79. The summed E-state index contributed by atoms with van der Waals surface area (Å²) in [5.41, 5.74) is 0.500. The molecule has 0 fully saturated rings. The first-order valence-electron chi connectivity index (χ1n) is 5.64. The number of halogens is 1. The van der Waals surface area contributed by atoms with Gasteiger partial charge < -0.3 is 4.52 Å². The van der Waals surface area contributed by atoms with Crippen LogP contribution in [-0.4, -0.2) is 15.9 Å². The maximum Gasteiger partial charge on any atom is 0.236 e. The summed E-state index contributed by atoms with van der Waals surface area (Å²) >= 11 is 0. The van der Waals surface area contributed by atoms with Gasteiger partial charge in [0.25, 0.3) is 0 Å². The van der Waals surface area contributed by atoms with Gasteiger partial charge >= 0.3 is 0 Å². The number of ketones is 1. The van der Waals surface area contributed by atoms with Crippen LogP contribution in [0.15, 0.2) is 28.8 Å². The Hall–Kier alpha value is -2.04. The number of aromatic nitrogens is 2. The summed E-state index contributed by atoms with van der Waals surface area (Å²) in [5, 5.41) is 3.75. The third-order valence-electron chi connectivity index (χ3n) is 2.77. The van der Waals surface area contributed by atoms with E-state index in [1.165, 1.54) is 13.0 Å². The van der Waals surface area contributed by atoms with E-state index >= 15 is 0 Å². The third-order valence-corrected chi connectivity index (χ3v) is 2.77. The van der Waals surface area contributed by atoms with Crippen molar-refractivity contribution in [1.29, 1.82) is 0 Å². The highest BCUT2D eigenvalue weighted by atomic mass is 19.1. The Bertz CT molecular complexity index is 566. The second kappa shape index (κ2) is 5.08. The molecule has 18 heavy (non-hydrogen) atoms. The van der Waals surface area contributed by atoms with E-state index in [9.17, 15) is 9.18 Å². The predicted octanol–water partition coefficient (Wildman–Crippen LogP) is 2.49. The molecular weight excluding hydrogens is 235 g/mol. The fourth-order valence-electron chi connectivity index (χ4n) is 1.50. The molecule has 0 aliphatic heterocycles. The second-order valence-corrected chi connectivity index (χ2v) is 4.15. The van der Waals surface area contributed by atoms with Crippen molar-refractivity contribution < 1.29 is 13.7 Å². The summed E-state index contributed by atoms with van der Waals surface area (Å²) in [6, 6.07) is 6.42. The predicted molar refractivity (Wildman–Crippen MR) is 62.6 cm³/mol. The Kier molecular flexibility index (Phi) is 3.50. The van der Waals surface area contributed by atoms with Gasteiger partial charge in [0.2, 0.25) is 5.89 Å². The van der Waals surface area contributed by atoms with Crippen LogP contribution in [0.5, 0.6) is 0 Å². The lowest BCUT2D eigenvalue weighted by atomic mass is 10.1. The second-order valence-electron chi connectivity index (χ2n) is 4.15. The number of rotatable bonds is 4. The van der Waals surface area contributed by atoms with E-state index in [0.29, 0.717) is 11.4 Å². The van der Waals surface area contributed by atoms with Crippen LogP contribution in [0.3, 0.4) is 0 Å². The van der Waals surface area contributed by atoms with Crippen LogP contribution in [-0.2, 0) is 11.2 Å². The van der Waals surface area contributed by atoms with Crippen LogP contribution >= 0.6 is 0 Å². The van der Waals surface area contributed by atoms with Gasteiger partial charge in [-0.25, -0.2) is 4.39 Å². The molecule has 1 aromatic heterocycles. The van der Waals surface area contributed by atoms with Crippen molar-refractivity contribution in [1.82, 2.24) is 10.1 Å². The lowest BCUT2D eigenvalue weighted by Crippen LogP contribution is -2.04. The summed E-state index contributed by atoms with van der Waals surface area (Å²) in [7, 11) is 0. The Morgan fingerprint density at radius 3 is 2.83 bits per heavy atom. The number of hydrogen-bond donors (Lipinski definition) is 0. The van der Waals surface area contributed by atoms with Crippen LogP contribution in [0.25, 0.3) is 0 Å². The van der Waals surface area contributed by atoms with Gasteiger partial charge in [0, 0.05) is 6.42 Å². The Balaban J connectivity index is 2.17. The molecule has 1 unspecified atom stereocenters. The Labute approximate surface area is 104 Å². The highest BCUT2D eigenvalue weighted by molar-refractivity contribution is 5.81. The normalized spacial score (nSPS) is 12.4. The van der Waals surface area contributed by atoms with Crippen LogP contribution in [0, 0.1) is 5.82 Å². The molecule has 0 N–H and O–H groups in total. The summed E-state index contributed by atoms with van der Waals surface area (Å²) in [4.78, 5) is 15.3. The number of carbonyl (C=O) groups excluding carboxylic acids is 1. The fraction of sp³-hybridized carbons (Fsp3) is 0.308. The van der Waals surface area contributed by atoms with Crippen molar-refractivity contribution in [2.45, 2.75) is 26.2 Å². The number of Topliss-reactive ketones (excluding diaryl/α,β-unsaturated/α-hetero) is 1. The van der Waals surface area contributed by atoms with Crippen molar-refractivity contribution in [3.63, 3.8) is 0 Å². The third kappa shape index (κ3) is 2.61. The number of benzene rings is 1. The van der Waals surface area contributed by atoms with Crippen LogP contribution in [0.1, 0.15) is 37.0 Å². The van der Waals surface area contributed by atoms with Gasteiger partial charge in [-0.05, 0) is 25.5 Å². The van der Waals surface area contributed by atoms with Crippen molar-refractivity contribution >= 4 is 5.78 Å². The zero-order valence-corrected chi connectivity index (χ0v) is 10.2. The van der Waals surface area contributed by atoms with E-state index < -0.39 is 5.92 Å². The summed E-state index contributed by atoms with van der Waals surface area (Å²) in [6.45, 7) is 3.16. The average molecular weight is 248 g/mol. The molecule has 0 amide bonds. The smallest absolute Gasteiger partial charge is 0.236 e. The molecule has 1 atom stereocenters. The maximum atomic E-state index is 13.4. The van der Waals surface area contributed by atoms with E-state index in [1.807, 2.05) is 0 Å². The molecule has 0 bridgehead atoms. The first kappa shape index (κ1) is 12.4. The SMILES string of the molecule is CC(=O)C(C)c1nc(Cc2ccccc2F)no1. The van der Waals surface area contributed by atoms with E-state index in [4.69, 9.17) is 4.52 Å². The monoisotopic (exact) mass is 248 g/mol. The highest BCUT2D eigenvalue weighted by Crippen LogP contribution is 2.16. The zero-order valence-electron chi connectivity index (χ0n) is 10.2. The lowest BCUT2D eigenvalue weighted by Gasteiger charge is -1.99. The van der Waals surface area contributed by atoms with Crippen LogP contribution in [0.4, 0.5) is 4.39 Å². The molecule has 1 heterocycles. The quantitative estimate of drug-likeness (QED) is 0.834. The van der Waals surface area contributed by atoms with Gasteiger partial charge in [-0.1, -0.05) is 23.4 Å². The first-order valence-corrected chi connectivity index (χ1v) is 5.64. The lowest BCUT2D eigenvalue weighted by molar-refractivity contribution is -0.118. The van der Waals surface area contributed by atoms with E-state index in [2.05, 4.69) is 10.1 Å². The minimum Gasteiger partial charge on any atom is -0.339 e. The van der Waals surface area contributed by atoms with Gasteiger partial charge in [-0.2, -0.15) is 4.98 Å².